The molecule has 29 heavy (non-hydrogen) atoms. The maximum Gasteiger partial charge on any atom is 0.257 e. The van der Waals surface area contributed by atoms with Crippen molar-refractivity contribution in [3.8, 4) is 0 Å². The molecule has 0 saturated carbocycles. The van der Waals surface area contributed by atoms with E-state index < -0.39 is 0 Å². The number of fused-ring (bicyclic) bond motifs is 1. The van der Waals surface area contributed by atoms with Gasteiger partial charge in [0.1, 0.15) is 0 Å². The fourth-order valence-corrected chi connectivity index (χ4v) is 4.08. The summed E-state index contributed by atoms with van der Waals surface area (Å²) in [6.07, 6.45) is 2.02. The lowest BCUT2D eigenvalue weighted by molar-refractivity contribution is 0.0976. The number of piperidine rings is 1. The van der Waals surface area contributed by atoms with E-state index in [1.807, 2.05) is 18.2 Å². The molecule has 1 aliphatic rings. The van der Waals surface area contributed by atoms with Crippen LogP contribution in [0.5, 0.6) is 0 Å². The number of benzene rings is 3. The van der Waals surface area contributed by atoms with Gasteiger partial charge in [0.2, 0.25) is 0 Å². The zero-order valence-corrected chi connectivity index (χ0v) is 17.1. The van der Waals surface area contributed by atoms with Crippen LogP contribution in [0, 0.1) is 0 Å². The number of rotatable bonds is 4. The predicted octanol–water partition coefficient (Wildman–Crippen LogP) is 4.11. The first-order chi connectivity index (χ1) is 14.2. The Kier molecular flexibility index (Phi) is 6.17. The molecule has 0 unspecified atom stereocenters. The van der Waals surface area contributed by atoms with Gasteiger partial charge in [-0.05, 0) is 59.6 Å². The van der Waals surface area contributed by atoms with Crippen molar-refractivity contribution >= 4 is 34.0 Å². The lowest BCUT2D eigenvalue weighted by atomic mass is 10.0. The molecule has 0 bridgehead atoms. The molecular formula is C24H25N3OS. The first-order valence-electron chi connectivity index (χ1n) is 10.0. The molecule has 3 aromatic rings. The number of amides is 1. The highest BCUT2D eigenvalue weighted by molar-refractivity contribution is 7.80. The fraction of sp³-hybridized carbons (Fsp3) is 0.250. The number of carbonyl (C=O) groups excluding carboxylic acids is 1. The Bertz CT molecular complexity index is 997. The molecule has 1 heterocycles. The molecule has 0 atom stereocenters. The van der Waals surface area contributed by atoms with Gasteiger partial charge in [0, 0.05) is 31.2 Å². The maximum absolute atomic E-state index is 12.2. The number of thiocarbonyl (C=S) groups is 1. The Balaban J connectivity index is 1.24. The molecule has 1 aliphatic heterocycles. The molecule has 0 aromatic heterocycles. The van der Waals surface area contributed by atoms with Gasteiger partial charge in [-0.2, -0.15) is 0 Å². The molecule has 1 saturated heterocycles. The van der Waals surface area contributed by atoms with Crippen molar-refractivity contribution in [2.24, 2.45) is 0 Å². The van der Waals surface area contributed by atoms with Crippen molar-refractivity contribution < 1.29 is 4.79 Å². The molecular weight excluding hydrogens is 378 g/mol. The highest BCUT2D eigenvalue weighted by atomic mass is 32.1. The van der Waals surface area contributed by atoms with Gasteiger partial charge in [-0.1, -0.05) is 54.6 Å². The van der Waals surface area contributed by atoms with Crippen LogP contribution in [0.15, 0.2) is 72.8 Å². The summed E-state index contributed by atoms with van der Waals surface area (Å²) in [7, 11) is 0. The molecule has 3 aromatic carbocycles. The molecule has 2 N–H and O–H groups in total. The van der Waals surface area contributed by atoms with Crippen LogP contribution < -0.4 is 10.6 Å². The third-order valence-electron chi connectivity index (χ3n) is 5.41. The molecule has 0 spiro atoms. The fourth-order valence-electron chi connectivity index (χ4n) is 3.82. The van der Waals surface area contributed by atoms with Crippen LogP contribution in [-0.4, -0.2) is 35.1 Å². The van der Waals surface area contributed by atoms with Crippen molar-refractivity contribution in [2.45, 2.75) is 25.4 Å². The summed E-state index contributed by atoms with van der Waals surface area (Å²) in [5.74, 6) is -0.170. The zero-order valence-electron chi connectivity index (χ0n) is 16.3. The quantitative estimate of drug-likeness (QED) is 0.644. The number of nitrogens with zero attached hydrogens (tertiary/aromatic N) is 1. The van der Waals surface area contributed by atoms with Gasteiger partial charge in [0.15, 0.2) is 5.11 Å². The van der Waals surface area contributed by atoms with E-state index >= 15 is 0 Å². The molecule has 0 radical (unpaired) electrons. The summed E-state index contributed by atoms with van der Waals surface area (Å²) in [5.41, 5.74) is 1.96. The minimum Gasteiger partial charge on any atom is -0.360 e. The topological polar surface area (TPSA) is 44.4 Å². The third-order valence-corrected chi connectivity index (χ3v) is 5.63. The summed E-state index contributed by atoms with van der Waals surface area (Å²) in [4.78, 5) is 14.7. The van der Waals surface area contributed by atoms with Gasteiger partial charge in [0.05, 0.1) is 0 Å². The second-order valence-corrected chi connectivity index (χ2v) is 7.93. The lowest BCUT2D eigenvalue weighted by Gasteiger charge is -2.33. The summed E-state index contributed by atoms with van der Waals surface area (Å²) in [5, 5.41) is 9.06. The van der Waals surface area contributed by atoms with Crippen molar-refractivity contribution in [3.05, 3.63) is 83.9 Å². The average molecular weight is 404 g/mol. The van der Waals surface area contributed by atoms with Gasteiger partial charge in [-0.15, -0.1) is 0 Å². The van der Waals surface area contributed by atoms with E-state index in [0.717, 1.165) is 32.5 Å². The minimum absolute atomic E-state index is 0.170. The first kappa shape index (κ1) is 19.6. The van der Waals surface area contributed by atoms with Crippen LogP contribution in [0.1, 0.15) is 28.8 Å². The Morgan fingerprint density at radius 3 is 2.38 bits per heavy atom. The SMILES string of the molecule is O=C(NC(=S)NC1CCN(Cc2ccc3ccccc3c2)CC1)c1ccccc1. The Morgan fingerprint density at radius 2 is 1.62 bits per heavy atom. The second-order valence-electron chi connectivity index (χ2n) is 7.53. The largest absolute Gasteiger partial charge is 0.360 e. The van der Waals surface area contributed by atoms with E-state index in [-0.39, 0.29) is 5.91 Å². The van der Waals surface area contributed by atoms with Crippen LogP contribution in [0.3, 0.4) is 0 Å². The molecule has 4 rings (SSSR count). The van der Waals surface area contributed by atoms with Gasteiger partial charge in [0.25, 0.3) is 5.91 Å². The molecule has 148 valence electrons. The molecule has 1 fully saturated rings. The molecule has 4 nitrogen and oxygen atoms in total. The van der Waals surface area contributed by atoms with Crippen LogP contribution in [0.25, 0.3) is 10.8 Å². The van der Waals surface area contributed by atoms with E-state index in [4.69, 9.17) is 12.2 Å². The molecule has 0 aliphatic carbocycles. The second kappa shape index (κ2) is 9.16. The average Bonchev–Trinajstić information content (AvgIpc) is 2.75. The smallest absolute Gasteiger partial charge is 0.257 e. The van der Waals surface area contributed by atoms with Crippen LogP contribution >= 0.6 is 12.2 Å². The van der Waals surface area contributed by atoms with E-state index in [0.29, 0.717) is 16.7 Å². The van der Waals surface area contributed by atoms with Crippen LogP contribution in [-0.2, 0) is 6.54 Å². The van der Waals surface area contributed by atoms with E-state index in [2.05, 4.69) is 58.0 Å². The summed E-state index contributed by atoms with van der Waals surface area (Å²) >= 11 is 5.33. The lowest BCUT2D eigenvalue weighted by Crippen LogP contribution is -2.48. The van der Waals surface area contributed by atoms with Crippen molar-refractivity contribution in [1.82, 2.24) is 15.5 Å². The summed E-state index contributed by atoms with van der Waals surface area (Å²) in [6, 6.07) is 24.6. The monoisotopic (exact) mass is 403 g/mol. The number of hydrogen-bond acceptors (Lipinski definition) is 3. The third kappa shape index (κ3) is 5.19. The van der Waals surface area contributed by atoms with Crippen molar-refractivity contribution in [3.63, 3.8) is 0 Å². The Labute approximate surface area is 176 Å². The standard InChI is InChI=1S/C24H25N3OS/c28-23(20-7-2-1-3-8-20)26-24(29)25-22-12-14-27(15-13-22)17-18-10-11-19-6-4-5-9-21(19)16-18/h1-11,16,22H,12-15,17H2,(H2,25,26,28,29). The van der Waals surface area contributed by atoms with Gasteiger partial charge >= 0.3 is 0 Å². The molecule has 1 amide bonds. The number of likely N-dealkylation sites (tertiary alicyclic amines) is 1. The highest BCUT2D eigenvalue weighted by Gasteiger charge is 2.20. The van der Waals surface area contributed by atoms with Crippen molar-refractivity contribution in [2.75, 3.05) is 13.1 Å². The highest BCUT2D eigenvalue weighted by Crippen LogP contribution is 2.19. The van der Waals surface area contributed by atoms with E-state index in [1.54, 1.807) is 12.1 Å². The van der Waals surface area contributed by atoms with Crippen molar-refractivity contribution in [1.29, 1.82) is 0 Å². The predicted molar refractivity (Wildman–Crippen MR) is 122 cm³/mol. The first-order valence-corrected chi connectivity index (χ1v) is 10.4. The van der Waals surface area contributed by atoms with Crippen LogP contribution in [0.2, 0.25) is 0 Å². The number of carbonyl (C=O) groups is 1. The zero-order chi connectivity index (χ0) is 20.1. The summed E-state index contributed by atoms with van der Waals surface area (Å²) in [6.45, 7) is 2.99. The van der Waals surface area contributed by atoms with Crippen LogP contribution in [0.4, 0.5) is 0 Å². The van der Waals surface area contributed by atoms with Gasteiger partial charge in [-0.3, -0.25) is 15.0 Å². The number of hydrogen-bond donors (Lipinski definition) is 2. The van der Waals surface area contributed by atoms with Gasteiger partial charge < -0.3 is 5.32 Å². The van der Waals surface area contributed by atoms with E-state index in [1.165, 1.54) is 16.3 Å². The van der Waals surface area contributed by atoms with E-state index in [9.17, 15) is 4.79 Å². The Hall–Kier alpha value is -2.76. The minimum atomic E-state index is -0.170. The normalized spacial score (nSPS) is 15.2. The van der Waals surface area contributed by atoms with Gasteiger partial charge in [-0.25, -0.2) is 0 Å². The summed E-state index contributed by atoms with van der Waals surface area (Å²) < 4.78 is 0. The number of nitrogens with one attached hydrogen (secondary N) is 2. The Morgan fingerprint density at radius 1 is 0.931 bits per heavy atom. The molecule has 5 heteroatoms. The maximum atomic E-state index is 12.2.